The second kappa shape index (κ2) is 10.5. The first-order valence-electron chi connectivity index (χ1n) is 10.0. The van der Waals surface area contributed by atoms with Gasteiger partial charge in [0.15, 0.2) is 0 Å². The number of hydrogen-bond acceptors (Lipinski definition) is 5. The molecule has 0 fully saturated rings. The van der Waals surface area contributed by atoms with Crippen LogP contribution in [0.5, 0.6) is 5.75 Å². The van der Waals surface area contributed by atoms with Gasteiger partial charge >= 0.3 is 0 Å². The van der Waals surface area contributed by atoms with Gasteiger partial charge in [0.2, 0.25) is 0 Å². The first-order chi connectivity index (χ1) is 14.2. The first-order valence-corrected chi connectivity index (χ1v) is 10.0. The number of ether oxygens (including phenoxy) is 2. The summed E-state index contributed by atoms with van der Waals surface area (Å²) < 4.78 is 11.1. The van der Waals surface area contributed by atoms with Crippen LogP contribution in [0.3, 0.4) is 0 Å². The molecule has 3 aromatic rings. The van der Waals surface area contributed by atoms with Crippen LogP contribution in [-0.4, -0.2) is 35.7 Å². The molecular formula is C23H27N3O3. The van der Waals surface area contributed by atoms with Gasteiger partial charge < -0.3 is 14.8 Å². The quantitative estimate of drug-likeness (QED) is 0.502. The third-order valence-electron chi connectivity index (χ3n) is 4.49. The summed E-state index contributed by atoms with van der Waals surface area (Å²) in [5, 5.41) is 2.91. The molecule has 29 heavy (non-hydrogen) atoms. The number of unbranched alkanes of at least 4 members (excludes halogenated alkanes) is 2. The zero-order valence-corrected chi connectivity index (χ0v) is 17.0. The number of aromatic nitrogens is 2. The van der Waals surface area contributed by atoms with Crippen LogP contribution < -0.4 is 10.1 Å². The number of carbonyl (C=O) groups is 1. The van der Waals surface area contributed by atoms with Gasteiger partial charge in [-0.1, -0.05) is 6.07 Å². The number of carbonyl (C=O) groups excluding carboxylic acids is 1. The number of fused-ring (bicyclic) bond motifs is 1. The molecule has 3 rings (SSSR count). The van der Waals surface area contributed by atoms with E-state index in [0.717, 1.165) is 49.3 Å². The zero-order valence-electron chi connectivity index (χ0n) is 17.0. The number of rotatable bonds is 10. The second-order valence-corrected chi connectivity index (χ2v) is 6.78. The summed E-state index contributed by atoms with van der Waals surface area (Å²) in [4.78, 5) is 21.5. The number of hydrogen-bond donors (Lipinski definition) is 1. The molecule has 0 saturated heterocycles. The summed E-state index contributed by atoms with van der Waals surface area (Å²) >= 11 is 0. The van der Waals surface area contributed by atoms with Crippen LogP contribution in [0.4, 0.5) is 5.69 Å². The Bertz CT molecular complexity index is 959. The smallest absolute Gasteiger partial charge is 0.274 e. The van der Waals surface area contributed by atoms with Crippen molar-refractivity contribution in [1.29, 1.82) is 0 Å². The van der Waals surface area contributed by atoms with E-state index < -0.39 is 0 Å². The summed E-state index contributed by atoms with van der Waals surface area (Å²) in [6, 6.07) is 13.0. The molecule has 2 heterocycles. The van der Waals surface area contributed by atoms with Gasteiger partial charge in [0.1, 0.15) is 11.4 Å². The Morgan fingerprint density at radius 1 is 1.03 bits per heavy atom. The van der Waals surface area contributed by atoms with Crippen LogP contribution in [0.15, 0.2) is 48.7 Å². The summed E-state index contributed by atoms with van der Waals surface area (Å²) in [6.07, 6.45) is 4.80. The summed E-state index contributed by atoms with van der Waals surface area (Å²) in [5.41, 5.74) is 3.33. The number of nitrogens with zero attached hydrogens (tertiary/aromatic N) is 2. The van der Waals surface area contributed by atoms with Gasteiger partial charge in [-0.25, -0.2) is 4.98 Å². The summed E-state index contributed by atoms with van der Waals surface area (Å²) in [5.74, 6) is 0.487. The lowest BCUT2D eigenvalue weighted by Crippen LogP contribution is -2.15. The standard InChI is InChI=1S/C23H27N3O3/c1-3-28-13-5-4-6-14-29-19-10-7-9-18(16-19)25-23(27)22-17(2)15-21-20(26-22)11-8-12-24-21/h7-12,15-16H,3-6,13-14H2,1-2H3,(H,25,27). The fourth-order valence-electron chi connectivity index (χ4n) is 3.00. The fourth-order valence-corrected chi connectivity index (χ4v) is 3.00. The second-order valence-electron chi connectivity index (χ2n) is 6.78. The minimum absolute atomic E-state index is 0.249. The number of aryl methyl sites for hydroxylation is 1. The highest BCUT2D eigenvalue weighted by Gasteiger charge is 2.13. The topological polar surface area (TPSA) is 73.3 Å². The molecule has 6 heteroatoms. The average molecular weight is 393 g/mol. The normalized spacial score (nSPS) is 10.8. The van der Waals surface area contributed by atoms with Gasteiger partial charge in [-0.05, 0) is 69.0 Å². The van der Waals surface area contributed by atoms with E-state index in [1.807, 2.05) is 56.3 Å². The van der Waals surface area contributed by atoms with Crippen LogP contribution >= 0.6 is 0 Å². The maximum absolute atomic E-state index is 12.7. The molecule has 0 saturated carbocycles. The van der Waals surface area contributed by atoms with Crippen molar-refractivity contribution >= 4 is 22.6 Å². The first kappa shape index (κ1) is 20.7. The van der Waals surface area contributed by atoms with Gasteiger partial charge in [0.25, 0.3) is 5.91 Å². The molecule has 2 aromatic heterocycles. The molecule has 0 radical (unpaired) electrons. The van der Waals surface area contributed by atoms with Crippen molar-refractivity contribution in [3.05, 3.63) is 59.9 Å². The highest BCUT2D eigenvalue weighted by Crippen LogP contribution is 2.20. The van der Waals surface area contributed by atoms with Crippen LogP contribution in [0.2, 0.25) is 0 Å². The molecule has 1 amide bonds. The summed E-state index contributed by atoms with van der Waals surface area (Å²) in [6.45, 7) is 6.07. The summed E-state index contributed by atoms with van der Waals surface area (Å²) in [7, 11) is 0. The predicted octanol–water partition coefficient (Wildman–Crippen LogP) is 4.78. The van der Waals surface area contributed by atoms with E-state index in [9.17, 15) is 4.79 Å². The lowest BCUT2D eigenvalue weighted by atomic mass is 10.1. The van der Waals surface area contributed by atoms with Crippen molar-refractivity contribution in [2.45, 2.75) is 33.1 Å². The third-order valence-corrected chi connectivity index (χ3v) is 4.49. The van der Waals surface area contributed by atoms with E-state index in [-0.39, 0.29) is 5.91 Å². The van der Waals surface area contributed by atoms with E-state index in [4.69, 9.17) is 9.47 Å². The van der Waals surface area contributed by atoms with Crippen molar-refractivity contribution < 1.29 is 14.3 Å². The SMILES string of the molecule is CCOCCCCCOc1cccc(NC(=O)c2nc3cccnc3cc2C)c1. The fraction of sp³-hybridized carbons (Fsp3) is 0.348. The molecule has 0 unspecified atom stereocenters. The molecule has 0 aliphatic heterocycles. The molecule has 1 aromatic carbocycles. The third kappa shape index (κ3) is 5.99. The predicted molar refractivity (Wildman–Crippen MR) is 115 cm³/mol. The molecule has 0 bridgehead atoms. The number of pyridine rings is 2. The Hall–Kier alpha value is -2.99. The molecule has 0 aliphatic rings. The molecule has 0 spiro atoms. The van der Waals surface area contributed by atoms with Gasteiger partial charge in [-0.15, -0.1) is 0 Å². The monoisotopic (exact) mass is 393 g/mol. The lowest BCUT2D eigenvalue weighted by molar-refractivity contribution is 0.102. The average Bonchev–Trinajstić information content (AvgIpc) is 2.73. The molecule has 0 aliphatic carbocycles. The zero-order chi connectivity index (χ0) is 20.5. The molecular weight excluding hydrogens is 366 g/mol. The van der Waals surface area contributed by atoms with E-state index >= 15 is 0 Å². The molecule has 6 nitrogen and oxygen atoms in total. The maximum atomic E-state index is 12.7. The van der Waals surface area contributed by atoms with Crippen molar-refractivity contribution in [2.24, 2.45) is 0 Å². The van der Waals surface area contributed by atoms with Gasteiger partial charge in [0, 0.05) is 31.2 Å². The van der Waals surface area contributed by atoms with Gasteiger partial charge in [-0.3, -0.25) is 9.78 Å². The van der Waals surface area contributed by atoms with Gasteiger partial charge in [-0.2, -0.15) is 0 Å². The van der Waals surface area contributed by atoms with Gasteiger partial charge in [0.05, 0.1) is 17.6 Å². The van der Waals surface area contributed by atoms with Crippen LogP contribution in [0.1, 0.15) is 42.2 Å². The van der Waals surface area contributed by atoms with Crippen molar-refractivity contribution in [2.75, 3.05) is 25.1 Å². The molecule has 1 N–H and O–H groups in total. The van der Waals surface area contributed by atoms with Crippen molar-refractivity contribution in [3.8, 4) is 5.75 Å². The van der Waals surface area contributed by atoms with Crippen molar-refractivity contribution in [3.63, 3.8) is 0 Å². The van der Waals surface area contributed by atoms with Crippen LogP contribution in [0, 0.1) is 6.92 Å². The number of anilines is 1. The largest absolute Gasteiger partial charge is 0.494 e. The van der Waals surface area contributed by atoms with Crippen LogP contribution in [0.25, 0.3) is 11.0 Å². The minimum atomic E-state index is -0.249. The minimum Gasteiger partial charge on any atom is -0.494 e. The number of benzene rings is 1. The van der Waals surface area contributed by atoms with Crippen LogP contribution in [-0.2, 0) is 4.74 Å². The van der Waals surface area contributed by atoms with Crippen molar-refractivity contribution in [1.82, 2.24) is 9.97 Å². The van der Waals surface area contributed by atoms with E-state index in [2.05, 4.69) is 15.3 Å². The number of amides is 1. The molecule has 152 valence electrons. The van der Waals surface area contributed by atoms with E-state index in [1.165, 1.54) is 0 Å². The van der Waals surface area contributed by atoms with E-state index in [0.29, 0.717) is 23.5 Å². The Labute approximate surface area is 171 Å². The maximum Gasteiger partial charge on any atom is 0.274 e. The Morgan fingerprint density at radius 3 is 2.76 bits per heavy atom. The Kier molecular flexibility index (Phi) is 7.53. The highest BCUT2D eigenvalue weighted by molar-refractivity contribution is 6.05. The Morgan fingerprint density at radius 2 is 1.90 bits per heavy atom. The lowest BCUT2D eigenvalue weighted by Gasteiger charge is -2.10. The Balaban J connectivity index is 1.57. The number of nitrogens with one attached hydrogen (secondary N) is 1. The molecule has 0 atom stereocenters. The van der Waals surface area contributed by atoms with E-state index in [1.54, 1.807) is 6.20 Å². The highest BCUT2D eigenvalue weighted by atomic mass is 16.5.